The van der Waals surface area contributed by atoms with Gasteiger partial charge in [0.15, 0.2) is 0 Å². The van der Waals surface area contributed by atoms with Crippen LogP contribution in [0.25, 0.3) is 0 Å². The third-order valence-corrected chi connectivity index (χ3v) is 4.09. The molecule has 1 aliphatic heterocycles. The molecule has 2 heterocycles. The molecule has 1 amide bonds. The summed E-state index contributed by atoms with van der Waals surface area (Å²) >= 11 is 0. The number of carbonyl (C=O) groups excluding carboxylic acids is 1. The first kappa shape index (κ1) is 14.5. The normalized spacial score (nSPS) is 17.9. The average molecular weight is 296 g/mol. The number of nitrogens with zero attached hydrogens (tertiary/aromatic N) is 4. The molecule has 0 spiro atoms. The predicted octanol–water partition coefficient (Wildman–Crippen LogP) is 2.66. The first-order chi connectivity index (χ1) is 10.6. The molecule has 3 rings (SSSR count). The molecule has 2 aromatic rings. The number of hydrogen-bond donors (Lipinski definition) is 0. The third-order valence-electron chi connectivity index (χ3n) is 4.09. The number of amides is 1. The summed E-state index contributed by atoms with van der Waals surface area (Å²) in [5.41, 5.74) is 2.46. The van der Waals surface area contributed by atoms with Crippen molar-refractivity contribution in [3.05, 3.63) is 48.0 Å². The molecule has 0 aliphatic carbocycles. The van der Waals surface area contributed by atoms with Gasteiger partial charge in [-0.05, 0) is 38.5 Å². The zero-order valence-corrected chi connectivity index (χ0v) is 13.2. The van der Waals surface area contributed by atoms with E-state index in [9.17, 15) is 4.79 Å². The largest absolute Gasteiger partial charge is 0.373 e. The number of anilines is 2. The first-order valence-electron chi connectivity index (χ1n) is 7.51. The molecule has 0 N–H and O–H groups in total. The Labute approximate surface area is 130 Å². The molecule has 114 valence electrons. The van der Waals surface area contributed by atoms with E-state index >= 15 is 0 Å². The highest BCUT2D eigenvalue weighted by Crippen LogP contribution is 2.34. The highest BCUT2D eigenvalue weighted by molar-refractivity contribution is 6.07. The van der Waals surface area contributed by atoms with Crippen molar-refractivity contribution in [3.63, 3.8) is 0 Å². The van der Waals surface area contributed by atoms with Gasteiger partial charge in [-0.1, -0.05) is 12.1 Å². The van der Waals surface area contributed by atoms with E-state index in [1.807, 2.05) is 23.1 Å². The van der Waals surface area contributed by atoms with Gasteiger partial charge in [0.05, 0.1) is 11.4 Å². The third kappa shape index (κ3) is 2.54. The Hall–Kier alpha value is -2.43. The summed E-state index contributed by atoms with van der Waals surface area (Å²) in [4.78, 5) is 25.4. The number of rotatable bonds is 1. The van der Waals surface area contributed by atoms with Gasteiger partial charge >= 0.3 is 0 Å². The van der Waals surface area contributed by atoms with Crippen molar-refractivity contribution in [3.8, 4) is 0 Å². The summed E-state index contributed by atoms with van der Waals surface area (Å²) in [6.45, 7) is 4.80. The number of aromatic nitrogens is 2. The summed E-state index contributed by atoms with van der Waals surface area (Å²) in [5.74, 6) is 0.541. The van der Waals surface area contributed by atoms with Gasteiger partial charge in [-0.3, -0.25) is 4.79 Å². The summed E-state index contributed by atoms with van der Waals surface area (Å²) in [7, 11) is 2.06. The maximum atomic E-state index is 13.0. The van der Waals surface area contributed by atoms with Crippen LogP contribution in [0.2, 0.25) is 0 Å². The predicted molar refractivity (Wildman–Crippen MR) is 87.4 cm³/mol. The standard InChI is InChI=1S/C17H20N4O/c1-12-9-11-20(3)15-6-4-5-7-16(15)21(12)17(22)14-8-10-18-13(2)19-14/h4-8,10,12H,9,11H2,1-3H3. The van der Waals surface area contributed by atoms with Crippen LogP contribution in [0.4, 0.5) is 11.4 Å². The van der Waals surface area contributed by atoms with E-state index in [0.717, 1.165) is 24.3 Å². The lowest BCUT2D eigenvalue weighted by atomic mass is 10.1. The quantitative estimate of drug-likeness (QED) is 0.812. The zero-order chi connectivity index (χ0) is 15.7. The molecule has 0 saturated carbocycles. The first-order valence-corrected chi connectivity index (χ1v) is 7.51. The SMILES string of the molecule is Cc1nccc(C(=O)N2c3ccccc3N(C)CCC2C)n1. The van der Waals surface area contributed by atoms with Crippen LogP contribution in [-0.4, -0.2) is 35.5 Å². The van der Waals surface area contributed by atoms with E-state index in [0.29, 0.717) is 11.5 Å². The number of para-hydroxylation sites is 2. The van der Waals surface area contributed by atoms with Gasteiger partial charge in [-0.15, -0.1) is 0 Å². The van der Waals surface area contributed by atoms with Crippen molar-refractivity contribution in [2.45, 2.75) is 26.3 Å². The van der Waals surface area contributed by atoms with Crippen LogP contribution >= 0.6 is 0 Å². The molecule has 1 aromatic heterocycles. The van der Waals surface area contributed by atoms with Crippen LogP contribution < -0.4 is 9.80 Å². The van der Waals surface area contributed by atoms with Crippen molar-refractivity contribution in [1.29, 1.82) is 0 Å². The maximum Gasteiger partial charge on any atom is 0.277 e. The second-order valence-corrected chi connectivity index (χ2v) is 5.71. The highest BCUT2D eigenvalue weighted by atomic mass is 16.2. The molecule has 0 fully saturated rings. The number of carbonyl (C=O) groups is 1. The second kappa shape index (κ2) is 5.75. The van der Waals surface area contributed by atoms with Crippen LogP contribution in [0.15, 0.2) is 36.5 Å². The monoisotopic (exact) mass is 296 g/mol. The molecule has 5 heteroatoms. The van der Waals surface area contributed by atoms with Gasteiger partial charge in [0, 0.05) is 25.8 Å². The number of benzene rings is 1. The fraction of sp³-hybridized carbons (Fsp3) is 0.353. The number of fused-ring (bicyclic) bond motifs is 1. The van der Waals surface area contributed by atoms with Crippen molar-refractivity contribution in [1.82, 2.24) is 9.97 Å². The summed E-state index contributed by atoms with van der Waals surface area (Å²) < 4.78 is 0. The molecular weight excluding hydrogens is 276 g/mol. The van der Waals surface area contributed by atoms with Gasteiger partial charge in [0.1, 0.15) is 11.5 Å². The van der Waals surface area contributed by atoms with E-state index in [1.165, 1.54) is 0 Å². The maximum absolute atomic E-state index is 13.0. The molecule has 1 atom stereocenters. The zero-order valence-electron chi connectivity index (χ0n) is 13.2. The minimum absolute atomic E-state index is 0.0688. The van der Waals surface area contributed by atoms with Crippen molar-refractivity contribution in [2.24, 2.45) is 0 Å². The minimum Gasteiger partial charge on any atom is -0.373 e. The van der Waals surface area contributed by atoms with Gasteiger partial charge < -0.3 is 9.80 Å². The molecule has 0 saturated heterocycles. The van der Waals surface area contributed by atoms with E-state index in [2.05, 4.69) is 34.9 Å². The fourth-order valence-electron chi connectivity index (χ4n) is 2.87. The van der Waals surface area contributed by atoms with Crippen LogP contribution in [0.3, 0.4) is 0 Å². The van der Waals surface area contributed by atoms with Crippen molar-refractivity contribution in [2.75, 3.05) is 23.4 Å². The smallest absolute Gasteiger partial charge is 0.277 e. The van der Waals surface area contributed by atoms with E-state index in [4.69, 9.17) is 0 Å². The van der Waals surface area contributed by atoms with E-state index in [-0.39, 0.29) is 11.9 Å². The lowest BCUT2D eigenvalue weighted by Crippen LogP contribution is -2.39. The summed E-state index contributed by atoms with van der Waals surface area (Å²) in [6, 6.07) is 9.82. The summed E-state index contributed by atoms with van der Waals surface area (Å²) in [5, 5.41) is 0. The molecule has 0 radical (unpaired) electrons. The van der Waals surface area contributed by atoms with Crippen LogP contribution in [-0.2, 0) is 0 Å². The van der Waals surface area contributed by atoms with Gasteiger partial charge in [0.2, 0.25) is 0 Å². The molecule has 22 heavy (non-hydrogen) atoms. The Morgan fingerprint density at radius 1 is 1.23 bits per heavy atom. The van der Waals surface area contributed by atoms with Gasteiger partial charge in [0.25, 0.3) is 5.91 Å². The van der Waals surface area contributed by atoms with E-state index < -0.39 is 0 Å². The number of aryl methyl sites for hydroxylation is 1. The second-order valence-electron chi connectivity index (χ2n) is 5.71. The van der Waals surface area contributed by atoms with Crippen LogP contribution in [0, 0.1) is 6.92 Å². The van der Waals surface area contributed by atoms with Gasteiger partial charge in [-0.25, -0.2) is 9.97 Å². The molecule has 1 aliphatic rings. The molecule has 1 aromatic carbocycles. The lowest BCUT2D eigenvalue weighted by molar-refractivity contribution is 0.0973. The van der Waals surface area contributed by atoms with Crippen molar-refractivity contribution < 1.29 is 4.79 Å². The Balaban J connectivity index is 2.07. The Bertz CT molecular complexity index is 701. The van der Waals surface area contributed by atoms with Gasteiger partial charge in [-0.2, -0.15) is 0 Å². The Morgan fingerprint density at radius 3 is 2.68 bits per heavy atom. The fourth-order valence-corrected chi connectivity index (χ4v) is 2.87. The molecular formula is C17H20N4O. The Kier molecular flexibility index (Phi) is 3.79. The topological polar surface area (TPSA) is 49.3 Å². The lowest BCUT2D eigenvalue weighted by Gasteiger charge is -2.28. The van der Waals surface area contributed by atoms with Crippen LogP contribution in [0.1, 0.15) is 29.7 Å². The Morgan fingerprint density at radius 2 is 1.95 bits per heavy atom. The van der Waals surface area contributed by atoms with E-state index in [1.54, 1.807) is 19.2 Å². The average Bonchev–Trinajstić information content (AvgIpc) is 2.64. The molecule has 5 nitrogen and oxygen atoms in total. The highest BCUT2D eigenvalue weighted by Gasteiger charge is 2.29. The van der Waals surface area contributed by atoms with Crippen LogP contribution in [0.5, 0.6) is 0 Å². The summed E-state index contributed by atoms with van der Waals surface area (Å²) in [6.07, 6.45) is 2.55. The molecule has 0 bridgehead atoms. The molecule has 1 unspecified atom stereocenters. The van der Waals surface area contributed by atoms with Crippen molar-refractivity contribution >= 4 is 17.3 Å². The minimum atomic E-state index is -0.0688. The number of hydrogen-bond acceptors (Lipinski definition) is 4.